The van der Waals surface area contributed by atoms with Crippen molar-refractivity contribution in [1.82, 2.24) is 5.32 Å². The fourth-order valence-electron chi connectivity index (χ4n) is 1.69. The Bertz CT molecular complexity index is 649. The third-order valence-corrected chi connectivity index (χ3v) is 6.00. The Morgan fingerprint density at radius 2 is 2.00 bits per heavy atom. The molecule has 0 radical (unpaired) electrons. The molecule has 0 aliphatic rings. The molecule has 0 spiro atoms. The molecule has 0 saturated carbocycles. The number of nitrogens with two attached hydrogens (primary N) is 1. The number of halogens is 2. The molecule has 1 amide bonds. The summed E-state index contributed by atoms with van der Waals surface area (Å²) in [6.07, 6.45) is 0.922. The SMILES string of the molecule is CCC(C)C(C)NC(=O)c1cc(Cl)c(Br)c(S(N)(=O)=O)c1. The molecule has 1 aromatic rings. The van der Waals surface area contributed by atoms with Crippen molar-refractivity contribution in [3.63, 3.8) is 0 Å². The van der Waals surface area contributed by atoms with E-state index in [2.05, 4.69) is 21.2 Å². The van der Waals surface area contributed by atoms with Gasteiger partial charge in [0.15, 0.2) is 0 Å². The summed E-state index contributed by atoms with van der Waals surface area (Å²) < 4.78 is 23.2. The van der Waals surface area contributed by atoms with E-state index in [1.165, 1.54) is 12.1 Å². The van der Waals surface area contributed by atoms with E-state index in [-0.39, 0.29) is 31.9 Å². The van der Waals surface area contributed by atoms with Gasteiger partial charge in [0.1, 0.15) is 0 Å². The molecule has 2 unspecified atom stereocenters. The average Bonchev–Trinajstić information content (AvgIpc) is 2.38. The number of amides is 1. The number of hydrogen-bond acceptors (Lipinski definition) is 3. The maximum atomic E-state index is 12.2. The number of rotatable bonds is 5. The maximum Gasteiger partial charge on any atom is 0.251 e. The van der Waals surface area contributed by atoms with Crippen LogP contribution in [-0.4, -0.2) is 20.4 Å². The Labute approximate surface area is 138 Å². The molecular weight excluding hydrogens is 380 g/mol. The van der Waals surface area contributed by atoms with Crippen LogP contribution >= 0.6 is 27.5 Å². The van der Waals surface area contributed by atoms with E-state index in [0.29, 0.717) is 5.92 Å². The predicted octanol–water partition coefficient (Wildman–Crippen LogP) is 2.91. The monoisotopic (exact) mass is 396 g/mol. The molecule has 0 aromatic heterocycles. The number of carbonyl (C=O) groups excluding carboxylic acids is 1. The normalized spacial score (nSPS) is 14.6. The van der Waals surface area contributed by atoms with E-state index in [1.807, 2.05) is 20.8 Å². The fourth-order valence-corrected chi connectivity index (χ4v) is 3.52. The summed E-state index contributed by atoms with van der Waals surface area (Å²) in [6.45, 7) is 5.95. The van der Waals surface area contributed by atoms with Crippen molar-refractivity contribution in [2.45, 2.75) is 38.1 Å². The molecule has 1 rings (SSSR count). The van der Waals surface area contributed by atoms with Crippen LogP contribution in [0.25, 0.3) is 0 Å². The Kier molecular flexibility index (Phi) is 6.22. The summed E-state index contributed by atoms with van der Waals surface area (Å²) in [4.78, 5) is 12.0. The number of carbonyl (C=O) groups is 1. The molecule has 8 heteroatoms. The van der Waals surface area contributed by atoms with Crippen LogP contribution < -0.4 is 10.5 Å². The molecule has 3 N–H and O–H groups in total. The van der Waals surface area contributed by atoms with Gasteiger partial charge in [-0.05, 0) is 40.9 Å². The van der Waals surface area contributed by atoms with Gasteiger partial charge >= 0.3 is 0 Å². The molecule has 0 bridgehead atoms. The number of benzene rings is 1. The molecule has 0 heterocycles. The van der Waals surface area contributed by atoms with Crippen molar-refractivity contribution < 1.29 is 13.2 Å². The van der Waals surface area contributed by atoms with E-state index in [9.17, 15) is 13.2 Å². The average molecular weight is 398 g/mol. The lowest BCUT2D eigenvalue weighted by molar-refractivity contribution is 0.0928. The highest BCUT2D eigenvalue weighted by Crippen LogP contribution is 2.30. The summed E-state index contributed by atoms with van der Waals surface area (Å²) in [5.74, 6) is -0.0836. The standard InChI is InChI=1S/C13H18BrClN2O3S/c1-4-7(2)8(3)17-13(18)9-5-10(15)12(14)11(6-9)21(16,19)20/h5-8H,4H2,1-3H3,(H,17,18)(H2,16,19,20). The van der Waals surface area contributed by atoms with Gasteiger partial charge in [0.05, 0.1) is 14.4 Å². The Morgan fingerprint density at radius 1 is 1.43 bits per heavy atom. The second-order valence-corrected chi connectivity index (χ2v) is 7.69. The van der Waals surface area contributed by atoms with Crippen LogP contribution in [0.4, 0.5) is 0 Å². The molecule has 0 saturated heterocycles. The quantitative estimate of drug-likeness (QED) is 0.800. The largest absolute Gasteiger partial charge is 0.349 e. The highest BCUT2D eigenvalue weighted by Gasteiger charge is 2.21. The number of nitrogens with one attached hydrogen (secondary N) is 1. The van der Waals surface area contributed by atoms with E-state index < -0.39 is 10.0 Å². The lowest BCUT2D eigenvalue weighted by Gasteiger charge is -2.20. The molecule has 21 heavy (non-hydrogen) atoms. The van der Waals surface area contributed by atoms with Crippen LogP contribution in [0.2, 0.25) is 5.02 Å². The van der Waals surface area contributed by atoms with Gasteiger partial charge in [0.25, 0.3) is 5.91 Å². The van der Waals surface area contributed by atoms with Crippen molar-refractivity contribution in [2.75, 3.05) is 0 Å². The first kappa shape index (κ1) is 18.4. The fraction of sp³-hybridized carbons (Fsp3) is 0.462. The molecular formula is C13H18BrClN2O3S. The second kappa shape index (κ2) is 7.09. The minimum atomic E-state index is -3.97. The van der Waals surface area contributed by atoms with Gasteiger partial charge in [-0.2, -0.15) is 0 Å². The van der Waals surface area contributed by atoms with Crippen LogP contribution in [0.5, 0.6) is 0 Å². The smallest absolute Gasteiger partial charge is 0.251 e. The van der Waals surface area contributed by atoms with Gasteiger partial charge in [-0.25, -0.2) is 13.6 Å². The third kappa shape index (κ3) is 4.67. The highest BCUT2D eigenvalue weighted by atomic mass is 79.9. The molecule has 118 valence electrons. The van der Waals surface area contributed by atoms with Crippen LogP contribution in [0.15, 0.2) is 21.5 Å². The third-order valence-electron chi connectivity index (χ3n) is 3.42. The first-order valence-corrected chi connectivity index (χ1v) is 9.12. The van der Waals surface area contributed by atoms with Gasteiger partial charge in [0, 0.05) is 11.6 Å². The minimum absolute atomic E-state index is 0.0390. The lowest BCUT2D eigenvalue weighted by Crippen LogP contribution is -2.37. The van der Waals surface area contributed by atoms with Crippen LogP contribution in [0.3, 0.4) is 0 Å². The lowest BCUT2D eigenvalue weighted by atomic mass is 10.0. The predicted molar refractivity (Wildman–Crippen MR) is 86.9 cm³/mol. The first-order chi connectivity index (χ1) is 9.57. The second-order valence-electron chi connectivity index (χ2n) is 4.96. The van der Waals surface area contributed by atoms with E-state index >= 15 is 0 Å². The van der Waals surface area contributed by atoms with Crippen molar-refractivity contribution in [3.05, 3.63) is 27.2 Å². The van der Waals surface area contributed by atoms with Gasteiger partial charge in [-0.15, -0.1) is 0 Å². The van der Waals surface area contributed by atoms with E-state index in [1.54, 1.807) is 0 Å². The Balaban J connectivity index is 3.15. The maximum absolute atomic E-state index is 12.2. The number of primary sulfonamides is 1. The molecule has 0 aliphatic heterocycles. The zero-order chi connectivity index (χ0) is 16.4. The minimum Gasteiger partial charge on any atom is -0.349 e. The topological polar surface area (TPSA) is 89.3 Å². The summed E-state index contributed by atoms with van der Waals surface area (Å²) in [7, 11) is -3.97. The van der Waals surface area contributed by atoms with Gasteiger partial charge in [-0.3, -0.25) is 4.79 Å². The van der Waals surface area contributed by atoms with Crippen molar-refractivity contribution in [3.8, 4) is 0 Å². The zero-order valence-electron chi connectivity index (χ0n) is 12.0. The molecule has 5 nitrogen and oxygen atoms in total. The molecule has 0 aliphatic carbocycles. The number of hydrogen-bond donors (Lipinski definition) is 2. The summed E-state index contributed by atoms with van der Waals surface area (Å²) in [6, 6.07) is 2.58. The van der Waals surface area contributed by atoms with Crippen LogP contribution in [0, 0.1) is 5.92 Å². The van der Waals surface area contributed by atoms with E-state index in [0.717, 1.165) is 6.42 Å². The summed E-state index contributed by atoms with van der Waals surface area (Å²) >= 11 is 9.01. The molecule has 2 atom stereocenters. The highest BCUT2D eigenvalue weighted by molar-refractivity contribution is 9.10. The number of sulfonamides is 1. The van der Waals surface area contributed by atoms with Gasteiger partial charge in [0.2, 0.25) is 10.0 Å². The Hall–Kier alpha value is -0.630. The van der Waals surface area contributed by atoms with Crippen molar-refractivity contribution >= 4 is 43.5 Å². The van der Waals surface area contributed by atoms with Gasteiger partial charge in [-0.1, -0.05) is 31.9 Å². The van der Waals surface area contributed by atoms with Crippen molar-refractivity contribution in [2.24, 2.45) is 11.1 Å². The Morgan fingerprint density at radius 3 is 2.48 bits per heavy atom. The van der Waals surface area contributed by atoms with Crippen molar-refractivity contribution in [1.29, 1.82) is 0 Å². The molecule has 1 aromatic carbocycles. The van der Waals surface area contributed by atoms with Crippen LogP contribution in [-0.2, 0) is 10.0 Å². The van der Waals surface area contributed by atoms with Crippen LogP contribution in [0.1, 0.15) is 37.6 Å². The van der Waals surface area contributed by atoms with E-state index in [4.69, 9.17) is 16.7 Å². The van der Waals surface area contributed by atoms with Gasteiger partial charge < -0.3 is 5.32 Å². The molecule has 0 fully saturated rings. The summed E-state index contributed by atoms with van der Waals surface area (Å²) in [5, 5.41) is 8.06. The summed E-state index contributed by atoms with van der Waals surface area (Å²) in [5.41, 5.74) is 0.155. The zero-order valence-corrected chi connectivity index (χ0v) is 15.1. The first-order valence-electron chi connectivity index (χ1n) is 6.40.